The van der Waals surface area contributed by atoms with Gasteiger partial charge in [0.05, 0.1) is 24.6 Å². The first-order chi connectivity index (χ1) is 19.3. The number of carbonyl (C=O) groups is 2. The van der Waals surface area contributed by atoms with Crippen LogP contribution in [0.4, 0.5) is 30.2 Å². The Labute approximate surface area is 235 Å². The Bertz CT molecular complexity index is 1550. The molecule has 0 bridgehead atoms. The molecule has 1 aliphatic rings. The number of hydrogen-bond acceptors (Lipinski definition) is 9. The van der Waals surface area contributed by atoms with Gasteiger partial charge in [0, 0.05) is 35.7 Å². The molecule has 1 atom stereocenters. The molecule has 1 fully saturated rings. The molecule has 0 saturated carbocycles. The van der Waals surface area contributed by atoms with Crippen molar-refractivity contribution in [3.8, 4) is 26.9 Å². The van der Waals surface area contributed by atoms with Crippen LogP contribution >= 0.6 is 22.7 Å². The van der Waals surface area contributed by atoms with E-state index in [-0.39, 0.29) is 39.6 Å². The number of anilines is 3. The second-order valence-corrected chi connectivity index (χ2v) is 10.6. The van der Waals surface area contributed by atoms with Crippen LogP contribution in [-0.2, 0) is 4.74 Å². The molecule has 10 nitrogen and oxygen atoms in total. The summed E-state index contributed by atoms with van der Waals surface area (Å²) in [5, 5.41) is 10.1. The number of urea groups is 1. The topological polar surface area (TPSA) is 140 Å². The third kappa shape index (κ3) is 6.19. The highest BCUT2D eigenvalue weighted by Crippen LogP contribution is 2.39. The van der Waals surface area contributed by atoms with Gasteiger partial charge in [0.15, 0.2) is 5.13 Å². The molecule has 4 aromatic rings. The number of nitrogen functional groups attached to an aromatic ring is 1. The lowest BCUT2D eigenvalue weighted by molar-refractivity contribution is 0.102. The van der Waals surface area contributed by atoms with Gasteiger partial charge < -0.3 is 25.8 Å². The van der Waals surface area contributed by atoms with Crippen LogP contribution in [0.1, 0.15) is 23.2 Å². The van der Waals surface area contributed by atoms with Gasteiger partial charge in [0.25, 0.3) is 5.91 Å². The normalized spacial score (nSPS) is 14.6. The molecule has 2 aromatic carbocycles. The third-order valence-electron chi connectivity index (χ3n) is 6.00. The quantitative estimate of drug-likeness (QED) is 0.218. The zero-order valence-corrected chi connectivity index (χ0v) is 22.8. The first-order valence-electron chi connectivity index (χ1n) is 12.1. The third-order valence-corrected chi connectivity index (χ3v) is 7.98. The molecule has 14 heteroatoms. The molecule has 0 unspecified atom stereocenters. The van der Waals surface area contributed by atoms with Crippen LogP contribution in [-0.4, -0.2) is 48.3 Å². The van der Waals surface area contributed by atoms with Crippen molar-refractivity contribution in [3.05, 3.63) is 59.0 Å². The average molecular weight is 587 g/mol. The lowest BCUT2D eigenvalue weighted by Gasteiger charge is -2.10. The number of aromatic nitrogens is 2. The summed E-state index contributed by atoms with van der Waals surface area (Å²) in [4.78, 5) is 34.0. The van der Waals surface area contributed by atoms with Gasteiger partial charge in [-0.25, -0.2) is 23.5 Å². The van der Waals surface area contributed by atoms with E-state index in [4.69, 9.17) is 15.2 Å². The lowest BCUT2D eigenvalue weighted by atomic mass is 10.1. The predicted octanol–water partition coefficient (Wildman–Crippen LogP) is 5.36. The number of benzene rings is 2. The first kappa shape index (κ1) is 27.4. The molecule has 3 amide bonds. The number of hydrogen-bond donors (Lipinski definition) is 4. The number of carbonyl (C=O) groups excluding carboxylic acids is 2. The van der Waals surface area contributed by atoms with Gasteiger partial charge in [-0.1, -0.05) is 17.4 Å². The highest BCUT2D eigenvalue weighted by atomic mass is 32.1. The van der Waals surface area contributed by atoms with Crippen LogP contribution in [0.25, 0.3) is 21.1 Å². The predicted molar refractivity (Wildman–Crippen MR) is 150 cm³/mol. The molecule has 0 spiro atoms. The van der Waals surface area contributed by atoms with E-state index in [1.54, 1.807) is 23.6 Å². The van der Waals surface area contributed by atoms with Crippen molar-refractivity contribution < 1.29 is 27.8 Å². The molecule has 208 valence electrons. The Balaban J connectivity index is 1.31. The number of rotatable bonds is 8. The number of nitrogens with one attached hydrogen (secondary N) is 3. The molecule has 5 N–H and O–H groups in total. The van der Waals surface area contributed by atoms with E-state index in [0.717, 1.165) is 24.2 Å². The van der Waals surface area contributed by atoms with E-state index in [1.807, 2.05) is 0 Å². The van der Waals surface area contributed by atoms with E-state index in [0.29, 0.717) is 34.9 Å². The summed E-state index contributed by atoms with van der Waals surface area (Å²) >= 11 is 2.29. The van der Waals surface area contributed by atoms with Crippen molar-refractivity contribution >= 4 is 51.2 Å². The van der Waals surface area contributed by atoms with Gasteiger partial charge in [-0.3, -0.25) is 10.1 Å². The number of methoxy groups -OCH3 is 1. The van der Waals surface area contributed by atoms with E-state index >= 15 is 0 Å². The van der Waals surface area contributed by atoms with Gasteiger partial charge in [0.2, 0.25) is 0 Å². The van der Waals surface area contributed by atoms with Crippen LogP contribution < -0.4 is 26.4 Å². The van der Waals surface area contributed by atoms with E-state index < -0.39 is 23.6 Å². The minimum Gasteiger partial charge on any atom is -0.497 e. The Hall–Kier alpha value is -4.14. The van der Waals surface area contributed by atoms with Crippen molar-refractivity contribution in [1.82, 2.24) is 15.3 Å². The SMILES string of the molecule is COc1cccc(C(=O)Nc2cc(-c3csc(-c4sc(NC(=O)NC[C@H]5CCCO5)nc4N)n3)c(F)cc2F)c1. The van der Waals surface area contributed by atoms with E-state index in [2.05, 4.69) is 25.9 Å². The number of thiazole rings is 2. The molecule has 1 aliphatic heterocycles. The molecule has 5 rings (SSSR count). The van der Waals surface area contributed by atoms with Gasteiger partial charge >= 0.3 is 6.03 Å². The zero-order valence-electron chi connectivity index (χ0n) is 21.1. The minimum atomic E-state index is -0.937. The van der Waals surface area contributed by atoms with Gasteiger partial charge in [-0.05, 0) is 37.1 Å². The molecule has 1 saturated heterocycles. The number of amides is 3. The first-order valence-corrected chi connectivity index (χ1v) is 13.8. The monoisotopic (exact) mass is 586 g/mol. The van der Waals surface area contributed by atoms with Crippen LogP contribution in [0, 0.1) is 11.6 Å². The summed E-state index contributed by atoms with van der Waals surface area (Å²) < 4.78 is 40.0. The molecule has 0 radical (unpaired) electrons. The molecular weight excluding hydrogens is 562 g/mol. The minimum absolute atomic E-state index is 0.000961. The largest absolute Gasteiger partial charge is 0.497 e. The summed E-state index contributed by atoms with van der Waals surface area (Å²) in [6.07, 6.45) is 1.86. The molecule has 0 aliphatic carbocycles. The van der Waals surface area contributed by atoms with Crippen molar-refractivity contribution in [2.45, 2.75) is 18.9 Å². The molecular formula is C26H24F2N6O4S2. The number of ether oxygens (including phenoxy) is 2. The van der Waals surface area contributed by atoms with Gasteiger partial charge in [0.1, 0.15) is 33.1 Å². The lowest BCUT2D eigenvalue weighted by Crippen LogP contribution is -2.34. The van der Waals surface area contributed by atoms with Crippen molar-refractivity contribution in [2.75, 3.05) is 36.6 Å². The van der Waals surface area contributed by atoms with Crippen LogP contribution in [0.5, 0.6) is 5.75 Å². The molecule has 40 heavy (non-hydrogen) atoms. The standard InChI is InChI=1S/C26H24F2N6O4S2/c1-37-14-5-2-4-13(8-14)23(35)31-19-9-16(17(27)10-18(19)28)20-12-39-24(32-20)21-22(29)33-26(40-21)34-25(36)30-11-15-6-3-7-38-15/h2,4-5,8-10,12,15H,3,6-7,11,29H2,1H3,(H,31,35)(H2,30,33,34,36)/t15-/m1/s1. The summed E-state index contributed by atoms with van der Waals surface area (Å²) in [5.41, 5.74) is 6.30. The van der Waals surface area contributed by atoms with Gasteiger partial charge in [-0.15, -0.1) is 11.3 Å². The fourth-order valence-electron chi connectivity index (χ4n) is 3.99. The fraction of sp³-hybridized carbons (Fsp3) is 0.231. The maximum absolute atomic E-state index is 14.8. The number of halogens is 2. The van der Waals surface area contributed by atoms with E-state index in [1.165, 1.54) is 30.6 Å². The highest BCUT2D eigenvalue weighted by Gasteiger charge is 2.21. The summed E-state index contributed by atoms with van der Waals surface area (Å²) in [5.74, 6) is -1.77. The highest BCUT2D eigenvalue weighted by molar-refractivity contribution is 7.23. The average Bonchev–Trinajstić information content (AvgIpc) is 3.70. The Kier molecular flexibility index (Phi) is 8.19. The number of nitrogens with two attached hydrogens (primary N) is 1. The van der Waals surface area contributed by atoms with Crippen molar-refractivity contribution in [1.29, 1.82) is 0 Å². The summed E-state index contributed by atoms with van der Waals surface area (Å²) in [6, 6.07) is 7.78. The van der Waals surface area contributed by atoms with Crippen LogP contribution in [0.15, 0.2) is 41.8 Å². The number of nitrogens with zero attached hydrogens (tertiary/aromatic N) is 2. The van der Waals surface area contributed by atoms with Crippen LogP contribution in [0.3, 0.4) is 0 Å². The fourth-order valence-corrected chi connectivity index (χ4v) is 5.79. The maximum Gasteiger partial charge on any atom is 0.321 e. The smallest absolute Gasteiger partial charge is 0.321 e. The zero-order chi connectivity index (χ0) is 28.2. The van der Waals surface area contributed by atoms with Crippen molar-refractivity contribution in [2.24, 2.45) is 0 Å². The Morgan fingerprint density at radius 2 is 2.02 bits per heavy atom. The Morgan fingerprint density at radius 3 is 2.80 bits per heavy atom. The van der Waals surface area contributed by atoms with Crippen molar-refractivity contribution in [3.63, 3.8) is 0 Å². The maximum atomic E-state index is 14.8. The Morgan fingerprint density at radius 1 is 1.18 bits per heavy atom. The second-order valence-electron chi connectivity index (χ2n) is 8.74. The molecule has 2 aromatic heterocycles. The summed E-state index contributed by atoms with van der Waals surface area (Å²) in [6.45, 7) is 1.08. The van der Waals surface area contributed by atoms with Gasteiger partial charge in [-0.2, -0.15) is 0 Å². The molecule has 3 heterocycles. The van der Waals surface area contributed by atoms with E-state index in [9.17, 15) is 18.4 Å². The summed E-state index contributed by atoms with van der Waals surface area (Å²) in [7, 11) is 1.47. The second kappa shape index (κ2) is 11.9. The van der Waals surface area contributed by atoms with Crippen LogP contribution in [0.2, 0.25) is 0 Å².